The standard InChI is InChI=1S/C17H26N2O/c1-19(2)14-8-6-13(7-9-14)16-15-5-3-4-10-17(15,20)11-12-18-16/h6-9,15-16,18,20H,3-5,10-12H2,1-2H3. The molecule has 110 valence electrons. The van der Waals surface area contributed by atoms with Crippen molar-refractivity contribution in [1.82, 2.24) is 5.32 Å². The van der Waals surface area contributed by atoms with Crippen LogP contribution in [0.25, 0.3) is 0 Å². The van der Waals surface area contributed by atoms with Crippen LogP contribution in [-0.2, 0) is 0 Å². The molecule has 1 aliphatic heterocycles. The van der Waals surface area contributed by atoms with Crippen molar-refractivity contribution in [3.8, 4) is 0 Å². The molecule has 3 nitrogen and oxygen atoms in total. The Hall–Kier alpha value is -1.06. The SMILES string of the molecule is CN(C)c1ccc(C2NCCC3(O)CCCCC23)cc1. The highest BCUT2D eigenvalue weighted by Crippen LogP contribution is 2.45. The number of nitrogens with one attached hydrogen (secondary N) is 1. The average molecular weight is 274 g/mol. The second-order valence-electron chi connectivity index (χ2n) is 6.62. The first-order valence-corrected chi connectivity index (χ1v) is 7.83. The lowest BCUT2D eigenvalue weighted by atomic mass is 9.67. The van der Waals surface area contributed by atoms with E-state index in [0.717, 1.165) is 25.8 Å². The Bertz CT molecular complexity index is 453. The zero-order chi connectivity index (χ0) is 14.2. The molecular weight excluding hydrogens is 248 g/mol. The predicted octanol–water partition coefficient (Wildman–Crippen LogP) is 2.71. The number of nitrogens with zero attached hydrogens (tertiary/aromatic N) is 1. The van der Waals surface area contributed by atoms with Gasteiger partial charge >= 0.3 is 0 Å². The van der Waals surface area contributed by atoms with Gasteiger partial charge in [0.15, 0.2) is 0 Å². The Kier molecular flexibility index (Phi) is 3.74. The summed E-state index contributed by atoms with van der Waals surface area (Å²) in [7, 11) is 4.13. The predicted molar refractivity (Wildman–Crippen MR) is 83.0 cm³/mol. The number of rotatable bonds is 2. The van der Waals surface area contributed by atoms with Gasteiger partial charge in [0.05, 0.1) is 5.60 Å². The van der Waals surface area contributed by atoms with Crippen molar-refractivity contribution in [1.29, 1.82) is 0 Å². The van der Waals surface area contributed by atoms with Crippen LogP contribution in [-0.4, -0.2) is 31.3 Å². The highest BCUT2D eigenvalue weighted by Gasteiger charge is 2.45. The molecule has 0 aromatic heterocycles. The zero-order valence-electron chi connectivity index (χ0n) is 12.6. The molecule has 1 saturated heterocycles. The van der Waals surface area contributed by atoms with E-state index < -0.39 is 5.60 Å². The molecule has 2 aliphatic rings. The maximum absolute atomic E-state index is 10.9. The van der Waals surface area contributed by atoms with Crippen molar-refractivity contribution in [2.24, 2.45) is 5.92 Å². The number of anilines is 1. The molecule has 1 aromatic carbocycles. The zero-order valence-corrected chi connectivity index (χ0v) is 12.6. The van der Waals surface area contributed by atoms with Gasteiger partial charge in [0.25, 0.3) is 0 Å². The molecule has 3 atom stereocenters. The van der Waals surface area contributed by atoms with Gasteiger partial charge in [0.1, 0.15) is 0 Å². The van der Waals surface area contributed by atoms with Crippen LogP contribution in [0.15, 0.2) is 24.3 Å². The van der Waals surface area contributed by atoms with Crippen LogP contribution in [0.3, 0.4) is 0 Å². The minimum Gasteiger partial charge on any atom is -0.389 e. The van der Waals surface area contributed by atoms with Gasteiger partial charge in [-0.1, -0.05) is 25.0 Å². The molecule has 0 amide bonds. The van der Waals surface area contributed by atoms with Gasteiger partial charge in [0, 0.05) is 31.7 Å². The molecule has 1 aromatic rings. The molecule has 1 saturated carbocycles. The first-order valence-electron chi connectivity index (χ1n) is 7.83. The van der Waals surface area contributed by atoms with E-state index in [0.29, 0.717) is 12.0 Å². The van der Waals surface area contributed by atoms with Crippen LogP contribution in [0.1, 0.15) is 43.7 Å². The van der Waals surface area contributed by atoms with Crippen LogP contribution in [0.5, 0.6) is 0 Å². The molecule has 1 heterocycles. The summed E-state index contributed by atoms with van der Waals surface area (Å²) < 4.78 is 0. The van der Waals surface area contributed by atoms with Crippen molar-refractivity contribution < 1.29 is 5.11 Å². The third-order valence-corrected chi connectivity index (χ3v) is 5.16. The molecule has 3 unspecified atom stereocenters. The minimum absolute atomic E-state index is 0.310. The van der Waals surface area contributed by atoms with E-state index >= 15 is 0 Å². The number of hydrogen-bond donors (Lipinski definition) is 2. The Labute approximate surface area is 122 Å². The molecule has 0 radical (unpaired) electrons. The second-order valence-corrected chi connectivity index (χ2v) is 6.62. The van der Waals surface area contributed by atoms with Gasteiger partial charge in [-0.2, -0.15) is 0 Å². The van der Waals surface area contributed by atoms with E-state index in [2.05, 4.69) is 48.6 Å². The number of aliphatic hydroxyl groups is 1. The van der Waals surface area contributed by atoms with Gasteiger partial charge in [-0.25, -0.2) is 0 Å². The third kappa shape index (κ3) is 2.45. The fourth-order valence-electron chi connectivity index (χ4n) is 3.95. The van der Waals surface area contributed by atoms with E-state index in [4.69, 9.17) is 0 Å². The lowest BCUT2D eigenvalue weighted by Gasteiger charge is -2.48. The maximum atomic E-state index is 10.9. The van der Waals surface area contributed by atoms with Gasteiger partial charge in [-0.3, -0.25) is 0 Å². The molecule has 3 heteroatoms. The summed E-state index contributed by atoms with van der Waals surface area (Å²) in [6.07, 6.45) is 5.46. The summed E-state index contributed by atoms with van der Waals surface area (Å²) >= 11 is 0. The van der Waals surface area contributed by atoms with E-state index in [1.807, 2.05) is 0 Å². The summed E-state index contributed by atoms with van der Waals surface area (Å²) in [5.41, 5.74) is 2.11. The number of fused-ring (bicyclic) bond motifs is 1. The fraction of sp³-hybridized carbons (Fsp3) is 0.647. The van der Waals surface area contributed by atoms with Crippen LogP contribution in [0, 0.1) is 5.92 Å². The minimum atomic E-state index is -0.436. The first-order chi connectivity index (χ1) is 9.60. The largest absolute Gasteiger partial charge is 0.389 e. The summed E-state index contributed by atoms with van der Waals surface area (Å²) in [6.45, 7) is 0.924. The summed E-state index contributed by atoms with van der Waals surface area (Å²) in [4.78, 5) is 2.12. The van der Waals surface area contributed by atoms with Crippen molar-refractivity contribution >= 4 is 5.69 Å². The molecular formula is C17H26N2O. The smallest absolute Gasteiger partial charge is 0.0706 e. The number of piperidine rings is 1. The van der Waals surface area contributed by atoms with Crippen molar-refractivity contribution in [2.45, 2.75) is 43.7 Å². The molecule has 0 bridgehead atoms. The monoisotopic (exact) mass is 274 g/mol. The molecule has 20 heavy (non-hydrogen) atoms. The fourth-order valence-corrected chi connectivity index (χ4v) is 3.95. The Morgan fingerprint density at radius 3 is 2.60 bits per heavy atom. The Balaban J connectivity index is 1.84. The highest BCUT2D eigenvalue weighted by molar-refractivity contribution is 5.46. The summed E-state index contributed by atoms with van der Waals surface area (Å²) in [5.74, 6) is 0.371. The lowest BCUT2D eigenvalue weighted by Crippen LogP contribution is -2.53. The van der Waals surface area contributed by atoms with E-state index in [1.54, 1.807) is 0 Å². The van der Waals surface area contributed by atoms with Gasteiger partial charge in [-0.05, 0) is 43.5 Å². The average Bonchev–Trinajstić information content (AvgIpc) is 2.46. The molecule has 3 rings (SSSR count). The van der Waals surface area contributed by atoms with Crippen LogP contribution >= 0.6 is 0 Å². The quantitative estimate of drug-likeness (QED) is 0.870. The first kappa shape index (κ1) is 13.9. The van der Waals surface area contributed by atoms with E-state index in [9.17, 15) is 5.11 Å². The topological polar surface area (TPSA) is 35.5 Å². The van der Waals surface area contributed by atoms with E-state index in [-0.39, 0.29) is 0 Å². The summed E-state index contributed by atoms with van der Waals surface area (Å²) in [6, 6.07) is 9.09. The summed E-state index contributed by atoms with van der Waals surface area (Å²) in [5, 5.41) is 14.6. The molecule has 2 N–H and O–H groups in total. The Morgan fingerprint density at radius 2 is 1.90 bits per heavy atom. The highest BCUT2D eigenvalue weighted by atomic mass is 16.3. The van der Waals surface area contributed by atoms with Gasteiger partial charge < -0.3 is 15.3 Å². The van der Waals surface area contributed by atoms with Crippen molar-refractivity contribution in [2.75, 3.05) is 25.5 Å². The van der Waals surface area contributed by atoms with Crippen molar-refractivity contribution in [3.05, 3.63) is 29.8 Å². The van der Waals surface area contributed by atoms with Crippen LogP contribution in [0.4, 0.5) is 5.69 Å². The van der Waals surface area contributed by atoms with Crippen molar-refractivity contribution in [3.63, 3.8) is 0 Å². The third-order valence-electron chi connectivity index (χ3n) is 5.16. The van der Waals surface area contributed by atoms with Gasteiger partial charge in [-0.15, -0.1) is 0 Å². The molecule has 2 fully saturated rings. The maximum Gasteiger partial charge on any atom is 0.0706 e. The number of hydrogen-bond acceptors (Lipinski definition) is 3. The Morgan fingerprint density at radius 1 is 1.15 bits per heavy atom. The van der Waals surface area contributed by atoms with Gasteiger partial charge in [0.2, 0.25) is 0 Å². The molecule has 0 spiro atoms. The normalized spacial score (nSPS) is 33.5. The second kappa shape index (κ2) is 5.38. The molecule has 1 aliphatic carbocycles. The van der Waals surface area contributed by atoms with Crippen LogP contribution < -0.4 is 10.2 Å². The number of benzene rings is 1. The lowest BCUT2D eigenvalue weighted by molar-refractivity contribution is -0.0861. The van der Waals surface area contributed by atoms with E-state index in [1.165, 1.54) is 24.1 Å². The van der Waals surface area contributed by atoms with Crippen LogP contribution in [0.2, 0.25) is 0 Å².